The number of aliphatic hydroxyl groups is 6. The Balaban J connectivity index is 1.17. The van der Waals surface area contributed by atoms with Crippen LogP contribution in [0.25, 0.3) is 0 Å². The molecule has 0 bridgehead atoms. The maximum Gasteiger partial charge on any atom is 0.336 e. The summed E-state index contributed by atoms with van der Waals surface area (Å²) in [5.41, 5.74) is 0.992. The molecule has 0 amide bonds. The molecule has 2 heterocycles. The molecule has 0 spiro atoms. The van der Waals surface area contributed by atoms with Gasteiger partial charge in [-0.05, 0) is 81.1 Å². The van der Waals surface area contributed by atoms with Gasteiger partial charge in [-0.3, -0.25) is 4.79 Å². The zero-order chi connectivity index (χ0) is 32.4. The van der Waals surface area contributed by atoms with E-state index in [0.29, 0.717) is 18.4 Å². The van der Waals surface area contributed by atoms with E-state index in [4.69, 9.17) is 14.2 Å². The number of hydrogen-bond acceptors (Lipinski definition) is 11. The molecule has 14 atom stereocenters. The average Bonchev–Trinajstić information content (AvgIpc) is 3.36. The van der Waals surface area contributed by atoms with Crippen LogP contribution in [0.2, 0.25) is 0 Å². The summed E-state index contributed by atoms with van der Waals surface area (Å²) >= 11 is 0. The van der Waals surface area contributed by atoms with E-state index in [1.165, 1.54) is 0 Å². The first-order valence-corrected chi connectivity index (χ1v) is 16.4. The number of esters is 1. The van der Waals surface area contributed by atoms with Gasteiger partial charge in [-0.15, -0.1) is 0 Å². The largest absolute Gasteiger partial charge is 0.458 e. The van der Waals surface area contributed by atoms with Crippen molar-refractivity contribution in [1.29, 1.82) is 0 Å². The van der Waals surface area contributed by atoms with Gasteiger partial charge >= 0.3 is 5.97 Å². The second kappa shape index (κ2) is 12.2. The SMILES string of the molecule is CC1=C(CO[C@@H]2O[C@H](CO)[C@@H](O)[C@H](O)[C@H]2O)C(=O)O[C@@H]([C@@H](CO)[C@H]2CC[C@H]3[C@@H]4CC=C5CC=CC(=O)[C@]5(C)[C@H]4C[C@@H](O)[C@]23C)C1. The molecule has 0 unspecified atom stereocenters. The molecule has 2 aliphatic heterocycles. The van der Waals surface area contributed by atoms with Crippen molar-refractivity contribution in [1.82, 2.24) is 0 Å². The Labute approximate surface area is 263 Å². The van der Waals surface area contributed by atoms with Gasteiger partial charge in [0.25, 0.3) is 0 Å². The highest BCUT2D eigenvalue weighted by Gasteiger charge is 2.64. The Hall–Kier alpha value is -1.96. The standard InChI is InChI=1S/C34H48O11/c1-16-11-24(44-31(42)20(16)15-43-32-30(41)29(40)28(39)25(14-36)45-32)19(13-35)22-10-9-21-18-8-7-17-5-4-6-26(37)33(17,2)23(18)12-27(38)34(21,22)3/h4,6-7,18-19,21-25,27-30,32,35-36,38-41H,5,8-15H2,1-3H3/t18-,19-,21-,22+,23-,24+,25+,27+,28+,29-,30+,32+,33-,34-/m0/s1. The highest BCUT2D eigenvalue weighted by atomic mass is 16.7. The topological polar surface area (TPSA) is 183 Å². The van der Waals surface area contributed by atoms with E-state index in [2.05, 4.69) is 19.9 Å². The highest BCUT2D eigenvalue weighted by Crippen LogP contribution is 2.66. The van der Waals surface area contributed by atoms with Crippen molar-refractivity contribution >= 4 is 11.8 Å². The van der Waals surface area contributed by atoms with Crippen LogP contribution in [-0.4, -0.2) is 105 Å². The maximum absolute atomic E-state index is 13.3. The van der Waals surface area contributed by atoms with Gasteiger partial charge in [-0.2, -0.15) is 0 Å². The third-order valence-corrected chi connectivity index (χ3v) is 12.8. The molecule has 1 saturated heterocycles. The highest BCUT2D eigenvalue weighted by molar-refractivity contribution is 5.98. The van der Waals surface area contributed by atoms with Gasteiger partial charge in [0.2, 0.25) is 0 Å². The first kappa shape index (κ1) is 33.0. The second-order valence-electron chi connectivity index (χ2n) is 14.6. The maximum atomic E-state index is 13.3. The van der Waals surface area contributed by atoms with Gasteiger partial charge in [0, 0.05) is 18.9 Å². The summed E-state index contributed by atoms with van der Waals surface area (Å²) in [6, 6.07) is 0. The third-order valence-electron chi connectivity index (χ3n) is 12.8. The number of aliphatic hydroxyl groups excluding tert-OH is 6. The third kappa shape index (κ3) is 5.09. The molecule has 250 valence electrons. The summed E-state index contributed by atoms with van der Waals surface area (Å²) in [6.45, 7) is 4.88. The van der Waals surface area contributed by atoms with Gasteiger partial charge < -0.3 is 44.8 Å². The van der Waals surface area contributed by atoms with Crippen LogP contribution in [0.4, 0.5) is 0 Å². The molecule has 0 radical (unpaired) electrons. The number of carbonyl (C=O) groups excluding carboxylic acids is 2. The van der Waals surface area contributed by atoms with E-state index in [-0.39, 0.29) is 48.2 Å². The average molecular weight is 633 g/mol. The summed E-state index contributed by atoms with van der Waals surface area (Å²) in [4.78, 5) is 26.5. The lowest BCUT2D eigenvalue weighted by molar-refractivity contribution is -0.299. The van der Waals surface area contributed by atoms with E-state index in [9.17, 15) is 40.2 Å². The number of hydrogen-bond donors (Lipinski definition) is 6. The predicted octanol–water partition coefficient (Wildman–Crippen LogP) is 0.938. The molecule has 0 aromatic carbocycles. The summed E-state index contributed by atoms with van der Waals surface area (Å²) in [5.74, 6) is -0.527. The zero-order valence-corrected chi connectivity index (χ0v) is 26.2. The molecule has 4 aliphatic carbocycles. The van der Waals surface area contributed by atoms with Crippen LogP contribution >= 0.6 is 0 Å². The molecule has 0 aromatic rings. The fourth-order valence-corrected chi connectivity index (χ4v) is 10.0. The number of allylic oxidation sites excluding steroid dienone is 4. The molecule has 6 rings (SSSR count). The molecular weight excluding hydrogens is 584 g/mol. The van der Waals surface area contributed by atoms with Crippen molar-refractivity contribution < 1.29 is 54.4 Å². The minimum Gasteiger partial charge on any atom is -0.458 e. The quantitative estimate of drug-likeness (QED) is 0.174. The predicted molar refractivity (Wildman–Crippen MR) is 159 cm³/mol. The number of ketones is 1. The number of fused-ring (bicyclic) bond motifs is 5. The van der Waals surface area contributed by atoms with Crippen molar-refractivity contribution in [2.24, 2.45) is 40.4 Å². The Morgan fingerprint density at radius 2 is 1.80 bits per heavy atom. The van der Waals surface area contributed by atoms with Gasteiger partial charge in [0.05, 0.1) is 30.3 Å². The fraction of sp³-hybridized carbons (Fsp3) is 0.765. The molecule has 11 heteroatoms. The molecule has 6 aliphatic rings. The normalized spacial score (nSPS) is 47.0. The number of ether oxygens (including phenoxy) is 3. The van der Waals surface area contributed by atoms with Crippen LogP contribution in [0.5, 0.6) is 0 Å². The van der Waals surface area contributed by atoms with Crippen LogP contribution in [0, 0.1) is 40.4 Å². The van der Waals surface area contributed by atoms with E-state index in [1.54, 1.807) is 13.0 Å². The van der Waals surface area contributed by atoms with E-state index in [0.717, 1.165) is 31.3 Å². The lowest BCUT2D eigenvalue weighted by Gasteiger charge is -2.58. The van der Waals surface area contributed by atoms with E-state index < -0.39 is 72.2 Å². The van der Waals surface area contributed by atoms with Crippen LogP contribution in [0.15, 0.2) is 34.9 Å². The molecule has 45 heavy (non-hydrogen) atoms. The van der Waals surface area contributed by atoms with Crippen molar-refractivity contribution in [2.45, 2.75) is 102 Å². The number of carbonyl (C=O) groups is 2. The van der Waals surface area contributed by atoms with Crippen LogP contribution in [0.3, 0.4) is 0 Å². The van der Waals surface area contributed by atoms with Crippen molar-refractivity contribution in [3.8, 4) is 0 Å². The number of rotatable bonds is 7. The summed E-state index contributed by atoms with van der Waals surface area (Å²) in [6.07, 6.45) is 1.56. The molecule has 2 saturated carbocycles. The Morgan fingerprint density at radius 3 is 2.49 bits per heavy atom. The van der Waals surface area contributed by atoms with Crippen molar-refractivity contribution in [2.75, 3.05) is 19.8 Å². The monoisotopic (exact) mass is 632 g/mol. The lowest BCUT2D eigenvalue weighted by atomic mass is 9.46. The summed E-state index contributed by atoms with van der Waals surface area (Å²) in [7, 11) is 0. The van der Waals surface area contributed by atoms with E-state index >= 15 is 0 Å². The van der Waals surface area contributed by atoms with Crippen molar-refractivity contribution in [3.05, 3.63) is 34.9 Å². The van der Waals surface area contributed by atoms with Gasteiger partial charge in [0.15, 0.2) is 12.1 Å². The number of cyclic esters (lactones) is 1. The van der Waals surface area contributed by atoms with Crippen LogP contribution in [0.1, 0.15) is 59.3 Å². The zero-order valence-electron chi connectivity index (χ0n) is 26.2. The van der Waals surface area contributed by atoms with Crippen LogP contribution < -0.4 is 0 Å². The fourth-order valence-electron chi connectivity index (χ4n) is 10.0. The molecule has 3 fully saturated rings. The van der Waals surface area contributed by atoms with E-state index in [1.807, 2.05) is 6.08 Å². The minimum atomic E-state index is -1.60. The second-order valence-corrected chi connectivity index (χ2v) is 14.6. The smallest absolute Gasteiger partial charge is 0.336 e. The molecule has 6 N–H and O–H groups in total. The lowest BCUT2D eigenvalue weighted by Crippen LogP contribution is -2.59. The van der Waals surface area contributed by atoms with Gasteiger partial charge in [-0.25, -0.2) is 4.79 Å². The first-order valence-electron chi connectivity index (χ1n) is 16.4. The summed E-state index contributed by atoms with van der Waals surface area (Å²) < 4.78 is 17.0. The Morgan fingerprint density at radius 1 is 1.04 bits per heavy atom. The first-order chi connectivity index (χ1) is 21.4. The van der Waals surface area contributed by atoms with Crippen LogP contribution in [-0.2, 0) is 23.8 Å². The Bertz CT molecular complexity index is 1270. The molecular formula is C34H48O11. The van der Waals surface area contributed by atoms with Gasteiger partial charge in [-0.1, -0.05) is 30.2 Å². The Kier molecular flexibility index (Phi) is 8.97. The minimum absolute atomic E-state index is 0.0540. The van der Waals surface area contributed by atoms with Crippen molar-refractivity contribution in [3.63, 3.8) is 0 Å². The summed E-state index contributed by atoms with van der Waals surface area (Å²) in [5, 5.41) is 62.4. The van der Waals surface area contributed by atoms with Gasteiger partial charge in [0.1, 0.15) is 30.5 Å². The molecule has 11 nitrogen and oxygen atoms in total. The molecule has 0 aromatic heterocycles.